The van der Waals surface area contributed by atoms with Crippen LogP contribution in [0.15, 0.2) is 0 Å². The minimum atomic E-state index is -4.90. The highest BCUT2D eigenvalue weighted by Crippen LogP contribution is 2.17. The fourth-order valence-corrected chi connectivity index (χ4v) is 2.14. The van der Waals surface area contributed by atoms with Crippen molar-refractivity contribution in [1.82, 2.24) is 10.2 Å². The Morgan fingerprint density at radius 2 is 1.77 bits per heavy atom. The van der Waals surface area contributed by atoms with E-state index in [0.717, 1.165) is 0 Å². The van der Waals surface area contributed by atoms with Crippen molar-refractivity contribution >= 4 is 17.8 Å². The highest BCUT2D eigenvalue weighted by atomic mass is 19.4. The number of piperidine rings is 1. The molecular weight excluding hydrogens is 305 g/mol. The zero-order valence-corrected chi connectivity index (χ0v) is 12.2. The largest absolute Gasteiger partial charge is 0.471 e. The second kappa shape index (κ2) is 8.00. The summed E-state index contributed by atoms with van der Waals surface area (Å²) in [6, 6.07) is -0.594. The topological polar surface area (TPSA) is 75.7 Å². The molecule has 0 aromatic heterocycles. The van der Waals surface area contributed by atoms with Crippen LogP contribution in [0.25, 0.3) is 0 Å². The first-order valence-electron chi connectivity index (χ1n) is 7.05. The molecule has 6 nitrogen and oxygen atoms in total. The second-order valence-corrected chi connectivity index (χ2v) is 4.93. The van der Waals surface area contributed by atoms with Gasteiger partial charge in [0.2, 0.25) is 5.91 Å². The van der Waals surface area contributed by atoms with Crippen LogP contribution >= 0.6 is 0 Å². The van der Waals surface area contributed by atoms with Gasteiger partial charge >= 0.3 is 18.1 Å². The van der Waals surface area contributed by atoms with E-state index in [1.807, 2.05) is 5.32 Å². The lowest BCUT2D eigenvalue weighted by atomic mass is 10.0. The molecule has 1 saturated heterocycles. The van der Waals surface area contributed by atoms with E-state index in [2.05, 4.69) is 0 Å². The van der Waals surface area contributed by atoms with E-state index in [-0.39, 0.29) is 51.3 Å². The molecule has 1 N–H and O–H groups in total. The predicted octanol–water partition coefficient (Wildman–Crippen LogP) is 0.999. The number of nitrogens with one attached hydrogen (secondary N) is 1. The number of alkyl halides is 3. The van der Waals surface area contributed by atoms with Crippen molar-refractivity contribution < 1.29 is 32.3 Å². The molecule has 0 aromatic carbocycles. The number of nitrogens with zero attached hydrogens (tertiary/aromatic N) is 1. The highest BCUT2D eigenvalue weighted by molar-refractivity contribution is 5.82. The van der Waals surface area contributed by atoms with Gasteiger partial charge in [0.05, 0.1) is 13.0 Å². The standard InChI is InChI=1S/C13H19F3N2O4/c1-2-22-11(20)4-3-10(19)18-7-5-9(6-8-18)17-12(21)13(14,15)16/h9H,2-8H2,1H3,(H,17,21). The van der Waals surface area contributed by atoms with Gasteiger partial charge in [-0.2, -0.15) is 13.2 Å². The van der Waals surface area contributed by atoms with Gasteiger partial charge in [0.15, 0.2) is 0 Å². The first kappa shape index (κ1) is 18.2. The highest BCUT2D eigenvalue weighted by Gasteiger charge is 2.40. The molecule has 1 fully saturated rings. The molecule has 0 bridgehead atoms. The molecule has 126 valence electrons. The minimum absolute atomic E-state index is 0.0123. The van der Waals surface area contributed by atoms with E-state index < -0.39 is 24.1 Å². The van der Waals surface area contributed by atoms with Crippen LogP contribution in [0, 0.1) is 0 Å². The van der Waals surface area contributed by atoms with Gasteiger partial charge in [0.1, 0.15) is 0 Å². The monoisotopic (exact) mass is 324 g/mol. The van der Waals surface area contributed by atoms with Gasteiger partial charge in [0, 0.05) is 25.6 Å². The number of hydrogen-bond acceptors (Lipinski definition) is 4. The lowest BCUT2D eigenvalue weighted by Crippen LogP contribution is -2.49. The number of hydrogen-bond donors (Lipinski definition) is 1. The van der Waals surface area contributed by atoms with Crippen LogP contribution in [-0.4, -0.2) is 54.6 Å². The van der Waals surface area contributed by atoms with Crippen molar-refractivity contribution in [3.05, 3.63) is 0 Å². The summed E-state index contributed by atoms with van der Waals surface area (Å²) in [7, 11) is 0. The maximum atomic E-state index is 12.1. The van der Waals surface area contributed by atoms with E-state index in [1.54, 1.807) is 6.92 Å². The van der Waals surface area contributed by atoms with Crippen LogP contribution in [0.3, 0.4) is 0 Å². The number of amides is 2. The van der Waals surface area contributed by atoms with E-state index >= 15 is 0 Å². The number of ether oxygens (including phenoxy) is 1. The van der Waals surface area contributed by atoms with Crippen molar-refractivity contribution in [2.45, 2.75) is 44.8 Å². The van der Waals surface area contributed by atoms with Crippen molar-refractivity contribution in [2.75, 3.05) is 19.7 Å². The molecule has 1 aliphatic heterocycles. The van der Waals surface area contributed by atoms with Gasteiger partial charge in [-0.3, -0.25) is 14.4 Å². The van der Waals surface area contributed by atoms with Crippen LogP contribution in [0.2, 0.25) is 0 Å². The lowest BCUT2D eigenvalue weighted by molar-refractivity contribution is -0.174. The molecule has 22 heavy (non-hydrogen) atoms. The Bertz CT molecular complexity index is 418. The van der Waals surface area contributed by atoms with Crippen molar-refractivity contribution in [3.63, 3.8) is 0 Å². The average molecular weight is 324 g/mol. The molecule has 0 saturated carbocycles. The average Bonchev–Trinajstić information content (AvgIpc) is 2.45. The summed E-state index contributed by atoms with van der Waals surface area (Å²) in [5.74, 6) is -2.66. The van der Waals surface area contributed by atoms with E-state index in [1.165, 1.54) is 4.90 Å². The van der Waals surface area contributed by atoms with Crippen LogP contribution in [0.1, 0.15) is 32.6 Å². The molecule has 0 aliphatic carbocycles. The molecule has 1 rings (SSSR count). The Kier molecular flexibility index (Phi) is 6.63. The van der Waals surface area contributed by atoms with Gasteiger partial charge < -0.3 is 15.0 Å². The smallest absolute Gasteiger partial charge is 0.466 e. The first-order chi connectivity index (χ1) is 10.2. The maximum Gasteiger partial charge on any atom is 0.471 e. The van der Waals surface area contributed by atoms with E-state index in [4.69, 9.17) is 4.74 Å². The summed E-state index contributed by atoms with van der Waals surface area (Å²) < 4.78 is 41.1. The molecule has 1 aliphatic rings. The van der Waals surface area contributed by atoms with Crippen molar-refractivity contribution in [3.8, 4) is 0 Å². The normalized spacial score (nSPS) is 16.3. The zero-order chi connectivity index (χ0) is 16.8. The molecule has 0 aromatic rings. The molecule has 0 atom stereocenters. The van der Waals surface area contributed by atoms with Gasteiger partial charge in [-0.15, -0.1) is 0 Å². The third-order valence-electron chi connectivity index (χ3n) is 3.29. The Morgan fingerprint density at radius 3 is 2.27 bits per heavy atom. The Labute approximate surface area is 126 Å². The molecule has 1 heterocycles. The zero-order valence-electron chi connectivity index (χ0n) is 12.2. The Balaban J connectivity index is 2.31. The maximum absolute atomic E-state index is 12.1. The number of halogens is 3. The molecule has 2 amide bonds. The summed E-state index contributed by atoms with van der Waals surface area (Å²) in [5, 5.41) is 1.91. The van der Waals surface area contributed by atoms with Gasteiger partial charge in [-0.25, -0.2) is 0 Å². The third kappa shape index (κ3) is 5.90. The minimum Gasteiger partial charge on any atom is -0.466 e. The van der Waals surface area contributed by atoms with E-state index in [0.29, 0.717) is 0 Å². The number of carbonyl (C=O) groups excluding carboxylic acids is 3. The van der Waals surface area contributed by atoms with Crippen LogP contribution in [0.4, 0.5) is 13.2 Å². The molecule has 0 radical (unpaired) electrons. The van der Waals surface area contributed by atoms with Crippen molar-refractivity contribution in [2.24, 2.45) is 0 Å². The first-order valence-corrected chi connectivity index (χ1v) is 7.05. The molecule has 9 heteroatoms. The van der Waals surface area contributed by atoms with Gasteiger partial charge in [-0.05, 0) is 19.8 Å². The predicted molar refractivity (Wildman–Crippen MR) is 69.7 cm³/mol. The lowest BCUT2D eigenvalue weighted by Gasteiger charge is -2.32. The Morgan fingerprint density at radius 1 is 1.18 bits per heavy atom. The summed E-state index contributed by atoms with van der Waals surface area (Å²) in [4.78, 5) is 35.3. The third-order valence-corrected chi connectivity index (χ3v) is 3.29. The Hall–Kier alpha value is -1.80. The van der Waals surface area contributed by atoms with E-state index in [9.17, 15) is 27.6 Å². The fourth-order valence-electron chi connectivity index (χ4n) is 2.14. The number of carbonyl (C=O) groups is 3. The SMILES string of the molecule is CCOC(=O)CCC(=O)N1CCC(NC(=O)C(F)(F)F)CC1. The van der Waals surface area contributed by atoms with Crippen LogP contribution < -0.4 is 5.32 Å². The van der Waals surface area contributed by atoms with Crippen LogP contribution in [-0.2, 0) is 19.1 Å². The number of rotatable bonds is 5. The molecule has 0 unspecified atom stereocenters. The summed E-state index contributed by atoms with van der Waals surface area (Å²) in [5.41, 5.74) is 0. The summed E-state index contributed by atoms with van der Waals surface area (Å²) >= 11 is 0. The van der Waals surface area contributed by atoms with Gasteiger partial charge in [0.25, 0.3) is 0 Å². The molecular formula is C13H19F3N2O4. The van der Waals surface area contributed by atoms with Gasteiger partial charge in [-0.1, -0.05) is 0 Å². The van der Waals surface area contributed by atoms with Crippen LogP contribution in [0.5, 0.6) is 0 Å². The fraction of sp³-hybridized carbons (Fsp3) is 0.769. The van der Waals surface area contributed by atoms with Crippen molar-refractivity contribution in [1.29, 1.82) is 0 Å². The number of esters is 1. The number of likely N-dealkylation sites (tertiary alicyclic amines) is 1. The molecule has 0 spiro atoms. The summed E-state index contributed by atoms with van der Waals surface area (Å²) in [6.07, 6.45) is -4.39. The summed E-state index contributed by atoms with van der Waals surface area (Å²) in [6.45, 7) is 2.42. The second-order valence-electron chi connectivity index (χ2n) is 4.93. The quantitative estimate of drug-likeness (QED) is 0.766.